The normalized spacial score (nSPS) is 27.3. The number of benzene rings is 1. The van der Waals surface area contributed by atoms with Crippen LogP contribution in [0.15, 0.2) is 18.2 Å². The Bertz CT molecular complexity index is 432. The van der Waals surface area contributed by atoms with Gasteiger partial charge in [0.25, 0.3) is 0 Å². The van der Waals surface area contributed by atoms with Crippen LogP contribution in [0.2, 0.25) is 0 Å². The van der Waals surface area contributed by atoms with E-state index in [2.05, 4.69) is 35.3 Å². The Hall–Kier alpha value is -1.06. The molecule has 2 aliphatic rings. The van der Waals surface area contributed by atoms with Crippen LogP contribution < -0.4 is 10.1 Å². The van der Waals surface area contributed by atoms with Crippen molar-refractivity contribution in [2.45, 2.75) is 32.4 Å². The van der Waals surface area contributed by atoms with Crippen molar-refractivity contribution in [3.63, 3.8) is 0 Å². The van der Waals surface area contributed by atoms with E-state index >= 15 is 0 Å². The summed E-state index contributed by atoms with van der Waals surface area (Å²) < 4.78 is 5.32. The van der Waals surface area contributed by atoms with E-state index in [1.165, 1.54) is 43.6 Å². The summed E-state index contributed by atoms with van der Waals surface area (Å²) in [6.07, 6.45) is 2.74. The van der Waals surface area contributed by atoms with Crippen LogP contribution in [0, 0.1) is 12.8 Å². The molecule has 3 nitrogen and oxygen atoms in total. The second kappa shape index (κ2) is 5.51. The molecule has 0 aromatic heterocycles. The predicted molar refractivity (Wildman–Crippen MR) is 77.5 cm³/mol. The number of hydrogen-bond acceptors (Lipinski definition) is 3. The Morgan fingerprint density at radius 2 is 2.26 bits per heavy atom. The lowest BCUT2D eigenvalue weighted by Crippen LogP contribution is -2.40. The van der Waals surface area contributed by atoms with Gasteiger partial charge in [-0.25, -0.2) is 0 Å². The van der Waals surface area contributed by atoms with Gasteiger partial charge >= 0.3 is 0 Å². The minimum Gasteiger partial charge on any atom is -0.496 e. The molecule has 0 spiro atoms. The molecule has 0 bridgehead atoms. The molecule has 2 fully saturated rings. The number of nitrogens with one attached hydrogen (secondary N) is 1. The molecule has 3 heteroatoms. The average Bonchev–Trinajstić information content (AvgIpc) is 2.81. The second-order valence-electron chi connectivity index (χ2n) is 5.96. The lowest BCUT2D eigenvalue weighted by atomic mass is 9.94. The molecule has 0 aliphatic carbocycles. The Labute approximate surface area is 115 Å². The molecule has 19 heavy (non-hydrogen) atoms. The van der Waals surface area contributed by atoms with E-state index in [9.17, 15) is 0 Å². The van der Waals surface area contributed by atoms with Crippen LogP contribution in [0.3, 0.4) is 0 Å². The number of hydrogen-bond donors (Lipinski definition) is 1. The highest BCUT2D eigenvalue weighted by atomic mass is 16.5. The quantitative estimate of drug-likeness (QED) is 0.901. The van der Waals surface area contributed by atoms with Gasteiger partial charge in [0.05, 0.1) is 7.11 Å². The number of ether oxygens (including phenoxy) is 1. The van der Waals surface area contributed by atoms with Gasteiger partial charge in [-0.3, -0.25) is 4.90 Å². The summed E-state index contributed by atoms with van der Waals surface area (Å²) in [7, 11) is 1.73. The monoisotopic (exact) mass is 260 g/mol. The van der Waals surface area contributed by atoms with E-state index in [4.69, 9.17) is 4.74 Å². The van der Waals surface area contributed by atoms with Gasteiger partial charge in [-0.15, -0.1) is 0 Å². The number of nitrogens with zero attached hydrogens (tertiary/aromatic N) is 1. The fourth-order valence-corrected chi connectivity index (χ4v) is 3.56. The summed E-state index contributed by atoms with van der Waals surface area (Å²) in [6.45, 7) is 6.85. The lowest BCUT2D eigenvalue weighted by molar-refractivity contribution is 0.312. The van der Waals surface area contributed by atoms with Gasteiger partial charge in [0.1, 0.15) is 5.75 Å². The van der Waals surface area contributed by atoms with Gasteiger partial charge in [0.15, 0.2) is 0 Å². The van der Waals surface area contributed by atoms with Crippen LogP contribution in [0.5, 0.6) is 5.75 Å². The van der Waals surface area contributed by atoms with Crippen molar-refractivity contribution in [3.8, 4) is 5.75 Å². The minimum atomic E-state index is 0.730. The molecule has 1 aromatic rings. The van der Waals surface area contributed by atoms with Crippen molar-refractivity contribution in [1.29, 1.82) is 0 Å². The number of piperidine rings is 1. The number of rotatable bonds is 3. The molecule has 2 aliphatic heterocycles. The molecule has 0 radical (unpaired) electrons. The van der Waals surface area contributed by atoms with Gasteiger partial charge in [-0.1, -0.05) is 12.1 Å². The minimum absolute atomic E-state index is 0.730. The van der Waals surface area contributed by atoms with E-state index in [0.29, 0.717) is 0 Å². The molecule has 2 atom stereocenters. The molecular formula is C16H24N2O. The fraction of sp³-hybridized carbons (Fsp3) is 0.625. The molecule has 0 amide bonds. The number of fused-ring (bicyclic) bond motifs is 1. The smallest absolute Gasteiger partial charge is 0.121 e. The summed E-state index contributed by atoms with van der Waals surface area (Å²) in [5, 5.41) is 3.66. The third-order valence-electron chi connectivity index (χ3n) is 4.54. The first-order chi connectivity index (χ1) is 9.26. The first-order valence-electron chi connectivity index (χ1n) is 7.35. The summed E-state index contributed by atoms with van der Waals surface area (Å²) in [4.78, 5) is 2.59. The number of likely N-dealkylation sites (tertiary alicyclic amines) is 1. The van der Waals surface area contributed by atoms with Crippen LogP contribution >= 0.6 is 0 Å². The Kier molecular flexibility index (Phi) is 3.76. The van der Waals surface area contributed by atoms with E-state index in [1.807, 2.05) is 0 Å². The van der Waals surface area contributed by atoms with Crippen LogP contribution in [0.4, 0.5) is 0 Å². The molecule has 1 aromatic carbocycles. The first kappa shape index (κ1) is 12.9. The highest BCUT2D eigenvalue weighted by Crippen LogP contribution is 2.27. The molecule has 104 valence electrons. The van der Waals surface area contributed by atoms with Gasteiger partial charge in [0.2, 0.25) is 0 Å². The largest absolute Gasteiger partial charge is 0.496 e. The summed E-state index contributed by atoms with van der Waals surface area (Å²) in [6, 6.07) is 7.27. The van der Waals surface area contributed by atoms with Crippen LogP contribution in [-0.4, -0.2) is 37.7 Å². The zero-order chi connectivity index (χ0) is 13.2. The summed E-state index contributed by atoms with van der Waals surface area (Å²) in [5.74, 6) is 1.86. The predicted octanol–water partition coefficient (Wildman–Crippen LogP) is 2.19. The Morgan fingerprint density at radius 1 is 1.37 bits per heavy atom. The standard InChI is InChI=1S/C16H24N2O/c1-12-8-13(5-6-16(12)19-2)9-18-10-14-4-3-7-17-15(14)11-18/h5-6,8,14-15,17H,3-4,7,9-11H2,1-2H3. The van der Waals surface area contributed by atoms with Gasteiger partial charge in [0, 0.05) is 25.7 Å². The van der Waals surface area contributed by atoms with Crippen molar-refractivity contribution in [2.24, 2.45) is 5.92 Å². The third-order valence-corrected chi connectivity index (χ3v) is 4.54. The molecule has 3 rings (SSSR count). The maximum atomic E-state index is 5.32. The fourth-order valence-electron chi connectivity index (χ4n) is 3.56. The van der Waals surface area contributed by atoms with E-state index < -0.39 is 0 Å². The SMILES string of the molecule is COc1ccc(CN2CC3CCCNC3C2)cc1C. The topological polar surface area (TPSA) is 24.5 Å². The van der Waals surface area contributed by atoms with Crippen molar-refractivity contribution in [3.05, 3.63) is 29.3 Å². The molecule has 2 saturated heterocycles. The molecule has 2 unspecified atom stereocenters. The van der Waals surface area contributed by atoms with E-state index in [1.54, 1.807) is 7.11 Å². The van der Waals surface area contributed by atoms with E-state index in [-0.39, 0.29) is 0 Å². The van der Waals surface area contributed by atoms with Crippen molar-refractivity contribution >= 4 is 0 Å². The maximum Gasteiger partial charge on any atom is 0.121 e. The van der Waals surface area contributed by atoms with Crippen molar-refractivity contribution in [1.82, 2.24) is 10.2 Å². The lowest BCUT2D eigenvalue weighted by Gasteiger charge is -2.24. The number of methoxy groups -OCH3 is 1. The van der Waals surface area contributed by atoms with Crippen LogP contribution in [0.1, 0.15) is 24.0 Å². The highest BCUT2D eigenvalue weighted by Gasteiger charge is 2.33. The third kappa shape index (κ3) is 2.77. The van der Waals surface area contributed by atoms with Gasteiger partial charge in [-0.05, 0) is 49.4 Å². The summed E-state index contributed by atoms with van der Waals surface area (Å²) in [5.41, 5.74) is 2.63. The highest BCUT2D eigenvalue weighted by molar-refractivity contribution is 5.36. The molecule has 2 heterocycles. The Balaban J connectivity index is 1.64. The molecule has 1 N–H and O–H groups in total. The number of aryl methyl sites for hydroxylation is 1. The van der Waals surface area contributed by atoms with E-state index in [0.717, 1.165) is 24.3 Å². The average molecular weight is 260 g/mol. The van der Waals surface area contributed by atoms with Crippen LogP contribution in [-0.2, 0) is 6.54 Å². The molecule has 0 saturated carbocycles. The van der Waals surface area contributed by atoms with Crippen molar-refractivity contribution < 1.29 is 4.74 Å². The second-order valence-corrected chi connectivity index (χ2v) is 5.96. The molecular weight excluding hydrogens is 236 g/mol. The Morgan fingerprint density at radius 3 is 3.00 bits per heavy atom. The summed E-state index contributed by atoms with van der Waals surface area (Å²) >= 11 is 0. The first-order valence-corrected chi connectivity index (χ1v) is 7.35. The van der Waals surface area contributed by atoms with Crippen LogP contribution in [0.25, 0.3) is 0 Å². The zero-order valence-electron chi connectivity index (χ0n) is 12.0. The van der Waals surface area contributed by atoms with Crippen molar-refractivity contribution in [2.75, 3.05) is 26.7 Å². The maximum absolute atomic E-state index is 5.32. The zero-order valence-corrected chi connectivity index (χ0v) is 12.0. The van der Waals surface area contributed by atoms with Gasteiger partial charge < -0.3 is 10.1 Å². The van der Waals surface area contributed by atoms with Gasteiger partial charge in [-0.2, -0.15) is 0 Å².